The fourth-order valence-electron chi connectivity index (χ4n) is 5.72. The van der Waals surface area contributed by atoms with Gasteiger partial charge in [0.1, 0.15) is 29.7 Å². The van der Waals surface area contributed by atoms with Crippen molar-refractivity contribution in [3.8, 4) is 11.4 Å². The van der Waals surface area contributed by atoms with E-state index in [-0.39, 0.29) is 30.5 Å². The minimum Gasteiger partial charge on any atom is -0.361 e. The molecule has 3 aromatic heterocycles. The molecule has 2 amide bonds. The number of ether oxygens (including phenoxy) is 1. The molecule has 1 atom stereocenters. The molecule has 228 valence electrons. The van der Waals surface area contributed by atoms with Crippen molar-refractivity contribution >= 4 is 42.0 Å². The first-order valence-electron chi connectivity index (χ1n) is 15.3. The largest absolute Gasteiger partial charge is 0.361 e. The summed E-state index contributed by atoms with van der Waals surface area (Å²) in [5.41, 5.74) is 9.72. The number of aromatic nitrogens is 5. The molecule has 0 unspecified atom stereocenters. The maximum absolute atomic E-state index is 13.9. The summed E-state index contributed by atoms with van der Waals surface area (Å²) in [6.45, 7) is 9.09. The number of amides is 2. The summed E-state index contributed by atoms with van der Waals surface area (Å²) in [5, 5.41) is 8.77. The standard InChI is InChI=1S/C31H42N8O3Si/c1-37-25-8-6-5-7-22(25)27(36-37)24-17-33-29-28(34-24)23(18-39(29)19-42-15-16-43(2,3)4)30(40)35-26(20-9-10-20)31(41)38-13-11-21(32)12-14-38/h5-8,17-18,20-21,26H,9-16,19,32H2,1-4H3,(H,35,40)/t26-/m1/s1. The third kappa shape index (κ3) is 6.36. The van der Waals surface area contributed by atoms with Crippen molar-refractivity contribution < 1.29 is 14.3 Å². The number of nitrogens with zero attached hydrogens (tertiary/aromatic N) is 6. The molecule has 1 aliphatic carbocycles. The molecule has 43 heavy (non-hydrogen) atoms. The average molecular weight is 603 g/mol. The third-order valence-electron chi connectivity index (χ3n) is 8.53. The summed E-state index contributed by atoms with van der Waals surface area (Å²) in [4.78, 5) is 39.1. The second-order valence-corrected chi connectivity index (χ2v) is 18.8. The molecule has 1 aliphatic heterocycles. The molecule has 1 saturated heterocycles. The third-order valence-corrected chi connectivity index (χ3v) is 10.2. The molecule has 0 spiro atoms. The maximum Gasteiger partial charge on any atom is 0.255 e. The molecule has 0 radical (unpaired) electrons. The number of benzene rings is 1. The number of hydrogen-bond acceptors (Lipinski definition) is 7. The Kier molecular flexibility index (Phi) is 8.09. The Morgan fingerprint density at radius 1 is 1.14 bits per heavy atom. The average Bonchev–Trinajstić information content (AvgIpc) is 3.68. The van der Waals surface area contributed by atoms with Crippen LogP contribution in [0.3, 0.4) is 0 Å². The summed E-state index contributed by atoms with van der Waals surface area (Å²) in [7, 11) is 0.641. The van der Waals surface area contributed by atoms with E-state index in [0.717, 1.165) is 42.6 Å². The number of para-hydroxylation sites is 1. The van der Waals surface area contributed by atoms with E-state index in [4.69, 9.17) is 25.5 Å². The monoisotopic (exact) mass is 602 g/mol. The highest BCUT2D eigenvalue weighted by Gasteiger charge is 2.40. The van der Waals surface area contributed by atoms with Crippen LogP contribution < -0.4 is 11.1 Å². The number of nitrogens with one attached hydrogen (secondary N) is 1. The fraction of sp³-hybridized carbons (Fsp3) is 0.516. The Labute approximate surface area is 252 Å². The number of carbonyl (C=O) groups excluding carboxylic acids is 2. The molecule has 3 N–H and O–H groups in total. The van der Waals surface area contributed by atoms with Gasteiger partial charge in [-0.3, -0.25) is 14.3 Å². The van der Waals surface area contributed by atoms with E-state index in [1.54, 1.807) is 12.4 Å². The molecule has 12 heteroatoms. The Balaban J connectivity index is 1.32. The van der Waals surface area contributed by atoms with Crippen LogP contribution in [0, 0.1) is 5.92 Å². The van der Waals surface area contributed by atoms with Crippen molar-refractivity contribution in [2.45, 2.75) is 70.2 Å². The van der Waals surface area contributed by atoms with Gasteiger partial charge < -0.3 is 25.3 Å². The molecule has 4 aromatic rings. The molecule has 6 rings (SSSR count). The molecular weight excluding hydrogens is 560 g/mol. The highest BCUT2D eigenvalue weighted by molar-refractivity contribution is 6.76. The van der Waals surface area contributed by atoms with E-state index in [1.165, 1.54) is 0 Å². The minimum absolute atomic E-state index is 0.0205. The van der Waals surface area contributed by atoms with E-state index >= 15 is 0 Å². The van der Waals surface area contributed by atoms with Gasteiger partial charge in [-0.25, -0.2) is 9.97 Å². The number of carbonyl (C=O) groups is 2. The van der Waals surface area contributed by atoms with E-state index in [9.17, 15) is 9.59 Å². The topological polar surface area (TPSA) is 133 Å². The number of hydrogen-bond donors (Lipinski definition) is 2. The molecule has 0 bridgehead atoms. The SMILES string of the molecule is Cn1nc(-c2cnc3c(n2)c(C(=O)N[C@@H](C(=O)N2CCC(N)CC2)C2CC2)cn3COCC[Si](C)(C)C)c2ccccc21. The zero-order valence-electron chi connectivity index (χ0n) is 25.5. The lowest BCUT2D eigenvalue weighted by atomic mass is 10.0. The summed E-state index contributed by atoms with van der Waals surface area (Å²) in [6.07, 6.45) is 6.87. The zero-order chi connectivity index (χ0) is 30.3. The number of piperidine rings is 1. The number of aryl methyl sites for hydroxylation is 1. The van der Waals surface area contributed by atoms with Gasteiger partial charge >= 0.3 is 0 Å². The smallest absolute Gasteiger partial charge is 0.255 e. The van der Waals surface area contributed by atoms with Gasteiger partial charge in [0.05, 0.1) is 17.3 Å². The summed E-state index contributed by atoms with van der Waals surface area (Å²) in [5.74, 6) is -0.207. The lowest BCUT2D eigenvalue weighted by Crippen LogP contribution is -2.53. The first-order valence-corrected chi connectivity index (χ1v) is 19.0. The Morgan fingerprint density at radius 2 is 1.88 bits per heavy atom. The molecule has 2 fully saturated rings. The van der Waals surface area contributed by atoms with Gasteiger partial charge in [0.25, 0.3) is 5.91 Å². The van der Waals surface area contributed by atoms with Gasteiger partial charge in [0.15, 0.2) is 5.65 Å². The fourth-order valence-corrected chi connectivity index (χ4v) is 6.48. The molecule has 11 nitrogen and oxygen atoms in total. The molecular formula is C31H42N8O3Si. The van der Waals surface area contributed by atoms with Crippen LogP contribution in [-0.4, -0.2) is 80.9 Å². The van der Waals surface area contributed by atoms with Gasteiger partial charge in [-0.05, 0) is 43.7 Å². The molecule has 1 saturated carbocycles. The normalized spacial score (nSPS) is 17.1. The second kappa shape index (κ2) is 11.8. The Hall–Kier alpha value is -3.61. The van der Waals surface area contributed by atoms with Crippen LogP contribution in [0.15, 0.2) is 36.7 Å². The van der Waals surface area contributed by atoms with Crippen LogP contribution in [0.5, 0.6) is 0 Å². The maximum atomic E-state index is 13.9. The number of likely N-dealkylation sites (tertiary alicyclic amines) is 1. The zero-order valence-corrected chi connectivity index (χ0v) is 26.5. The lowest BCUT2D eigenvalue weighted by Gasteiger charge is -2.33. The number of rotatable bonds is 10. The van der Waals surface area contributed by atoms with Crippen molar-refractivity contribution in [3.05, 3.63) is 42.2 Å². The van der Waals surface area contributed by atoms with Gasteiger partial charge in [-0.2, -0.15) is 5.10 Å². The van der Waals surface area contributed by atoms with E-state index in [1.807, 2.05) is 45.5 Å². The van der Waals surface area contributed by atoms with Crippen molar-refractivity contribution in [3.63, 3.8) is 0 Å². The van der Waals surface area contributed by atoms with Crippen LogP contribution in [0.4, 0.5) is 0 Å². The molecule has 2 aliphatic rings. The Bertz CT molecular complexity index is 1650. The predicted octanol–water partition coefficient (Wildman–Crippen LogP) is 3.76. The van der Waals surface area contributed by atoms with Crippen molar-refractivity contribution in [1.82, 2.24) is 34.5 Å². The molecule has 1 aromatic carbocycles. The van der Waals surface area contributed by atoms with Crippen LogP contribution >= 0.6 is 0 Å². The van der Waals surface area contributed by atoms with Crippen molar-refractivity contribution in [2.75, 3.05) is 19.7 Å². The number of fused-ring (bicyclic) bond motifs is 2. The summed E-state index contributed by atoms with van der Waals surface area (Å²) < 4.78 is 9.70. The highest BCUT2D eigenvalue weighted by atomic mass is 28.3. The first-order chi connectivity index (χ1) is 20.6. The Morgan fingerprint density at radius 3 is 2.60 bits per heavy atom. The van der Waals surface area contributed by atoms with Gasteiger partial charge in [0.2, 0.25) is 5.91 Å². The van der Waals surface area contributed by atoms with Crippen LogP contribution in [0.25, 0.3) is 33.5 Å². The van der Waals surface area contributed by atoms with E-state index < -0.39 is 14.1 Å². The van der Waals surface area contributed by atoms with Crippen LogP contribution in [0.1, 0.15) is 36.0 Å². The quantitative estimate of drug-likeness (QED) is 0.209. The van der Waals surface area contributed by atoms with Crippen LogP contribution in [-0.2, 0) is 23.3 Å². The van der Waals surface area contributed by atoms with Crippen LogP contribution in [0.2, 0.25) is 25.7 Å². The van der Waals surface area contributed by atoms with E-state index in [2.05, 4.69) is 25.0 Å². The predicted molar refractivity (Wildman–Crippen MR) is 169 cm³/mol. The van der Waals surface area contributed by atoms with E-state index in [0.29, 0.717) is 47.8 Å². The van der Waals surface area contributed by atoms with Gasteiger partial charge in [-0.15, -0.1) is 0 Å². The van der Waals surface area contributed by atoms with Crippen molar-refractivity contribution in [1.29, 1.82) is 0 Å². The minimum atomic E-state index is -1.26. The summed E-state index contributed by atoms with van der Waals surface area (Å²) in [6, 6.07) is 8.56. The van der Waals surface area contributed by atoms with Crippen molar-refractivity contribution in [2.24, 2.45) is 18.7 Å². The summed E-state index contributed by atoms with van der Waals surface area (Å²) >= 11 is 0. The molecule has 4 heterocycles. The first kappa shape index (κ1) is 29.5. The van der Waals surface area contributed by atoms with Gasteiger partial charge in [-0.1, -0.05) is 37.8 Å². The number of nitrogens with two attached hydrogens (primary N) is 1. The second-order valence-electron chi connectivity index (χ2n) is 13.2. The van der Waals surface area contributed by atoms with Gasteiger partial charge in [0, 0.05) is 52.4 Å². The highest BCUT2D eigenvalue weighted by Crippen LogP contribution is 2.34. The lowest BCUT2D eigenvalue weighted by molar-refractivity contribution is -0.134.